The van der Waals surface area contributed by atoms with E-state index in [0.29, 0.717) is 25.5 Å². The molecule has 4 nitrogen and oxygen atoms in total. The summed E-state index contributed by atoms with van der Waals surface area (Å²) in [6.07, 6.45) is 0.643. The number of halogens is 1. The van der Waals surface area contributed by atoms with Gasteiger partial charge in [0.25, 0.3) is 0 Å². The Balaban J connectivity index is 2.27. The van der Waals surface area contributed by atoms with Crippen molar-refractivity contribution < 1.29 is 9.26 Å². The first-order valence-corrected chi connectivity index (χ1v) is 3.76. The number of rotatable bonds is 4. The number of hydrogen-bond donors (Lipinski definition) is 0. The van der Waals surface area contributed by atoms with E-state index in [1.54, 1.807) is 0 Å². The second-order valence-electron chi connectivity index (χ2n) is 1.91. The number of nitrogens with zero attached hydrogens (tertiary/aromatic N) is 2. The van der Waals surface area contributed by atoms with E-state index >= 15 is 0 Å². The van der Waals surface area contributed by atoms with Gasteiger partial charge in [-0.1, -0.05) is 5.16 Å². The number of ether oxygens (including phenoxy) is 1. The zero-order valence-corrected chi connectivity index (χ0v) is 6.97. The van der Waals surface area contributed by atoms with Crippen LogP contribution in [0, 0.1) is 0 Å². The maximum absolute atomic E-state index is 5.39. The summed E-state index contributed by atoms with van der Waals surface area (Å²) in [5.41, 5.74) is 0. The van der Waals surface area contributed by atoms with Crippen molar-refractivity contribution in [2.75, 3.05) is 13.2 Å². The Morgan fingerprint density at radius 1 is 1.64 bits per heavy atom. The van der Waals surface area contributed by atoms with Gasteiger partial charge >= 0.3 is 5.35 Å². The standard InChI is InChI=1S/C6H9ClN2O2/c1-2-10-4-3-5-8-6(7)11-9-5/h2-4H2,1H3. The van der Waals surface area contributed by atoms with Gasteiger partial charge in [0, 0.05) is 13.0 Å². The summed E-state index contributed by atoms with van der Waals surface area (Å²) in [6.45, 7) is 3.24. The Hall–Kier alpha value is -0.610. The first-order chi connectivity index (χ1) is 5.33. The summed E-state index contributed by atoms with van der Waals surface area (Å²) in [4.78, 5) is 3.79. The van der Waals surface area contributed by atoms with Gasteiger partial charge in [0.15, 0.2) is 5.82 Å². The second kappa shape index (κ2) is 4.31. The molecule has 1 rings (SSSR count). The molecule has 0 aromatic carbocycles. The van der Waals surface area contributed by atoms with Crippen LogP contribution in [0.4, 0.5) is 0 Å². The van der Waals surface area contributed by atoms with Crippen molar-refractivity contribution in [1.29, 1.82) is 0 Å². The molecule has 1 aromatic heterocycles. The number of aromatic nitrogens is 2. The molecule has 0 fully saturated rings. The molecular weight excluding hydrogens is 168 g/mol. The van der Waals surface area contributed by atoms with E-state index < -0.39 is 0 Å². The summed E-state index contributed by atoms with van der Waals surface area (Å²) in [6, 6.07) is 0. The fourth-order valence-electron chi connectivity index (χ4n) is 0.642. The SMILES string of the molecule is CCOCCc1noc(Cl)n1. The van der Waals surface area contributed by atoms with Crippen LogP contribution in [0.5, 0.6) is 0 Å². The van der Waals surface area contributed by atoms with Gasteiger partial charge in [0.05, 0.1) is 6.61 Å². The smallest absolute Gasteiger partial charge is 0.320 e. The third-order valence-corrected chi connectivity index (χ3v) is 1.27. The maximum Gasteiger partial charge on any atom is 0.320 e. The molecule has 0 spiro atoms. The van der Waals surface area contributed by atoms with Crippen LogP contribution in [0.2, 0.25) is 5.35 Å². The van der Waals surface area contributed by atoms with E-state index in [-0.39, 0.29) is 5.35 Å². The van der Waals surface area contributed by atoms with E-state index in [0.717, 1.165) is 0 Å². The molecule has 5 heteroatoms. The summed E-state index contributed by atoms with van der Waals surface area (Å²) in [7, 11) is 0. The van der Waals surface area contributed by atoms with Crippen LogP contribution in [0.3, 0.4) is 0 Å². The van der Waals surface area contributed by atoms with Gasteiger partial charge in [-0.2, -0.15) is 4.98 Å². The predicted octanol–water partition coefficient (Wildman–Crippen LogP) is 1.30. The lowest BCUT2D eigenvalue weighted by Gasteiger charge is -1.94. The van der Waals surface area contributed by atoms with E-state index in [2.05, 4.69) is 14.7 Å². The zero-order chi connectivity index (χ0) is 8.10. The minimum atomic E-state index is 0.0801. The zero-order valence-electron chi connectivity index (χ0n) is 6.21. The van der Waals surface area contributed by atoms with Crippen LogP contribution in [-0.2, 0) is 11.2 Å². The lowest BCUT2D eigenvalue weighted by atomic mass is 10.4. The van der Waals surface area contributed by atoms with Gasteiger partial charge in [-0.25, -0.2) is 0 Å². The molecule has 0 atom stereocenters. The lowest BCUT2D eigenvalue weighted by molar-refractivity contribution is 0.149. The summed E-state index contributed by atoms with van der Waals surface area (Å²) < 4.78 is 9.63. The quantitative estimate of drug-likeness (QED) is 0.649. The first kappa shape index (κ1) is 8.49. The van der Waals surface area contributed by atoms with Gasteiger partial charge in [0.2, 0.25) is 0 Å². The summed E-state index contributed by atoms with van der Waals surface area (Å²) in [5.74, 6) is 0.587. The molecule has 0 amide bonds. The molecule has 0 aliphatic rings. The van der Waals surface area contributed by atoms with Crippen molar-refractivity contribution in [3.05, 3.63) is 11.2 Å². The second-order valence-corrected chi connectivity index (χ2v) is 2.23. The highest BCUT2D eigenvalue weighted by molar-refractivity contribution is 6.27. The van der Waals surface area contributed by atoms with E-state index in [9.17, 15) is 0 Å². The Kier molecular flexibility index (Phi) is 3.32. The monoisotopic (exact) mass is 176 g/mol. The third kappa shape index (κ3) is 2.86. The molecule has 11 heavy (non-hydrogen) atoms. The van der Waals surface area contributed by atoms with Crippen molar-refractivity contribution in [3.63, 3.8) is 0 Å². The minimum absolute atomic E-state index is 0.0801. The average molecular weight is 177 g/mol. The highest BCUT2D eigenvalue weighted by Gasteiger charge is 2.01. The van der Waals surface area contributed by atoms with Crippen molar-refractivity contribution in [3.8, 4) is 0 Å². The van der Waals surface area contributed by atoms with Crippen LogP contribution in [0.25, 0.3) is 0 Å². The Morgan fingerprint density at radius 2 is 2.45 bits per heavy atom. The van der Waals surface area contributed by atoms with Crippen LogP contribution in [-0.4, -0.2) is 23.4 Å². The van der Waals surface area contributed by atoms with E-state index in [1.165, 1.54) is 0 Å². The van der Waals surface area contributed by atoms with Gasteiger partial charge in [0.1, 0.15) is 0 Å². The topological polar surface area (TPSA) is 48.2 Å². The molecule has 0 bridgehead atoms. The maximum atomic E-state index is 5.39. The molecule has 1 aromatic rings. The van der Waals surface area contributed by atoms with Gasteiger partial charge < -0.3 is 9.26 Å². The molecule has 0 aliphatic heterocycles. The van der Waals surface area contributed by atoms with Crippen LogP contribution in [0.1, 0.15) is 12.7 Å². The van der Waals surface area contributed by atoms with Gasteiger partial charge in [-0.05, 0) is 18.5 Å². The molecule has 0 radical (unpaired) electrons. The normalized spacial score (nSPS) is 10.4. The fourth-order valence-corrected chi connectivity index (χ4v) is 0.774. The molecule has 0 saturated carbocycles. The Morgan fingerprint density at radius 3 is 3.00 bits per heavy atom. The number of hydrogen-bond acceptors (Lipinski definition) is 4. The van der Waals surface area contributed by atoms with E-state index in [1.807, 2.05) is 6.92 Å². The van der Waals surface area contributed by atoms with Gasteiger partial charge in [-0.15, -0.1) is 0 Å². The van der Waals surface area contributed by atoms with E-state index in [4.69, 9.17) is 16.3 Å². The average Bonchev–Trinajstić information content (AvgIpc) is 2.37. The third-order valence-electron chi connectivity index (χ3n) is 1.12. The molecule has 62 valence electrons. The Labute approximate surface area is 69.5 Å². The largest absolute Gasteiger partial charge is 0.381 e. The fraction of sp³-hybridized carbons (Fsp3) is 0.667. The van der Waals surface area contributed by atoms with Crippen molar-refractivity contribution >= 4 is 11.6 Å². The summed E-state index contributed by atoms with van der Waals surface area (Å²) >= 11 is 5.39. The highest BCUT2D eigenvalue weighted by atomic mass is 35.5. The van der Waals surface area contributed by atoms with Crippen LogP contribution >= 0.6 is 11.6 Å². The highest BCUT2D eigenvalue weighted by Crippen LogP contribution is 2.03. The molecule has 0 aliphatic carbocycles. The predicted molar refractivity (Wildman–Crippen MR) is 39.5 cm³/mol. The van der Waals surface area contributed by atoms with Gasteiger partial charge in [-0.3, -0.25) is 0 Å². The molecule has 0 N–H and O–H groups in total. The minimum Gasteiger partial charge on any atom is -0.381 e. The van der Waals surface area contributed by atoms with Crippen molar-refractivity contribution in [2.45, 2.75) is 13.3 Å². The van der Waals surface area contributed by atoms with Crippen molar-refractivity contribution in [1.82, 2.24) is 10.1 Å². The van der Waals surface area contributed by atoms with Crippen LogP contribution in [0.15, 0.2) is 4.52 Å². The van der Waals surface area contributed by atoms with Crippen LogP contribution < -0.4 is 0 Å². The lowest BCUT2D eigenvalue weighted by Crippen LogP contribution is -1.98. The molecule has 0 saturated heterocycles. The molecule has 0 unspecified atom stereocenters. The Bertz CT molecular complexity index is 214. The first-order valence-electron chi connectivity index (χ1n) is 3.38. The van der Waals surface area contributed by atoms with Crippen molar-refractivity contribution in [2.24, 2.45) is 0 Å². The molecular formula is C6H9ClN2O2. The summed E-state index contributed by atoms with van der Waals surface area (Å²) in [5, 5.41) is 3.67. The molecule has 1 heterocycles.